The molecule has 5 heteroatoms. The van der Waals surface area contributed by atoms with E-state index in [1.807, 2.05) is 18.2 Å². The second-order valence-electron chi connectivity index (χ2n) is 10.00. The number of nitrogens with one attached hydrogen (secondary N) is 1. The standard InChI is InChI=1S/C34H22N2O3/c1-38-34(37)22-10-13-29-30(18-22)36-33(35-29)25-7-4-6-19-15-26-20(16-27(19)25)9-11-24-23(26)12-14-32-28(24)17-21-5-2-3-8-31(21)39-32/h2-16,18H,17H2,1H3,(H,35,36). The van der Waals surface area contributed by atoms with Crippen molar-refractivity contribution in [2.45, 2.75) is 6.42 Å². The van der Waals surface area contributed by atoms with Gasteiger partial charge in [0.25, 0.3) is 0 Å². The molecule has 0 radical (unpaired) electrons. The molecule has 8 rings (SSSR count). The van der Waals surface area contributed by atoms with Crippen LogP contribution in [0.1, 0.15) is 21.5 Å². The number of carbonyl (C=O) groups excluding carboxylic acids is 1. The van der Waals surface area contributed by atoms with Gasteiger partial charge in [0.1, 0.15) is 17.3 Å². The van der Waals surface area contributed by atoms with Crippen LogP contribution in [0.2, 0.25) is 0 Å². The van der Waals surface area contributed by atoms with E-state index in [4.69, 9.17) is 14.5 Å². The van der Waals surface area contributed by atoms with Crippen LogP contribution in [0.3, 0.4) is 0 Å². The normalized spacial score (nSPS) is 12.4. The number of ether oxygens (including phenoxy) is 2. The van der Waals surface area contributed by atoms with Gasteiger partial charge in [0.2, 0.25) is 0 Å². The van der Waals surface area contributed by atoms with Crippen LogP contribution in [0, 0.1) is 0 Å². The fraction of sp³-hybridized carbons (Fsp3) is 0.0588. The Balaban J connectivity index is 1.29. The Bertz CT molecular complexity index is 2140. The summed E-state index contributed by atoms with van der Waals surface area (Å²) >= 11 is 0. The van der Waals surface area contributed by atoms with E-state index in [0.29, 0.717) is 5.56 Å². The maximum absolute atomic E-state index is 12.0. The van der Waals surface area contributed by atoms with Gasteiger partial charge in [-0.3, -0.25) is 0 Å². The summed E-state index contributed by atoms with van der Waals surface area (Å²) in [5, 5.41) is 7.09. The van der Waals surface area contributed by atoms with Crippen LogP contribution in [-0.2, 0) is 11.2 Å². The molecule has 0 fully saturated rings. The summed E-state index contributed by atoms with van der Waals surface area (Å²) in [5.74, 6) is 2.27. The van der Waals surface area contributed by atoms with Gasteiger partial charge in [0.15, 0.2) is 0 Å². The molecular formula is C34H22N2O3. The number of para-hydroxylation sites is 1. The molecule has 0 bridgehead atoms. The van der Waals surface area contributed by atoms with Crippen molar-refractivity contribution in [3.63, 3.8) is 0 Å². The predicted octanol–water partition coefficient (Wildman–Crippen LogP) is 8.17. The molecule has 0 amide bonds. The molecule has 0 unspecified atom stereocenters. The fourth-order valence-corrected chi connectivity index (χ4v) is 5.88. The maximum Gasteiger partial charge on any atom is 0.337 e. The van der Waals surface area contributed by atoms with Crippen molar-refractivity contribution in [3.8, 4) is 22.9 Å². The Morgan fingerprint density at radius 1 is 0.795 bits per heavy atom. The zero-order valence-corrected chi connectivity index (χ0v) is 21.1. The lowest BCUT2D eigenvalue weighted by Gasteiger charge is -2.22. The van der Waals surface area contributed by atoms with Crippen LogP contribution >= 0.6 is 0 Å². The average molecular weight is 507 g/mol. The quantitative estimate of drug-likeness (QED) is 0.146. The van der Waals surface area contributed by atoms with E-state index >= 15 is 0 Å². The van der Waals surface area contributed by atoms with E-state index in [0.717, 1.165) is 51.1 Å². The summed E-state index contributed by atoms with van der Waals surface area (Å²) in [6.07, 6.45) is 0.857. The molecule has 1 aliphatic heterocycles. The molecule has 186 valence electrons. The number of aromatic amines is 1. The van der Waals surface area contributed by atoms with Gasteiger partial charge in [0, 0.05) is 17.5 Å². The Morgan fingerprint density at radius 2 is 1.64 bits per heavy atom. The van der Waals surface area contributed by atoms with E-state index in [9.17, 15) is 4.79 Å². The number of aromatic nitrogens is 2. The second-order valence-corrected chi connectivity index (χ2v) is 10.00. The highest BCUT2D eigenvalue weighted by atomic mass is 16.5. The minimum absolute atomic E-state index is 0.373. The number of benzene rings is 6. The molecule has 0 spiro atoms. The van der Waals surface area contributed by atoms with Crippen LogP contribution in [0.25, 0.3) is 54.7 Å². The monoisotopic (exact) mass is 506 g/mol. The first-order chi connectivity index (χ1) is 19.2. The summed E-state index contributed by atoms with van der Waals surface area (Å²) in [4.78, 5) is 20.3. The first kappa shape index (κ1) is 21.9. The number of nitrogens with zero attached hydrogens (tertiary/aromatic N) is 1. The van der Waals surface area contributed by atoms with Crippen LogP contribution in [-0.4, -0.2) is 23.0 Å². The summed E-state index contributed by atoms with van der Waals surface area (Å²) in [6, 6.07) is 33.2. The number of imidazole rings is 1. The third-order valence-corrected chi connectivity index (χ3v) is 7.80. The lowest BCUT2D eigenvalue weighted by atomic mass is 9.91. The van der Waals surface area contributed by atoms with Crippen molar-refractivity contribution < 1.29 is 14.3 Å². The maximum atomic E-state index is 12.0. The topological polar surface area (TPSA) is 64.2 Å². The van der Waals surface area contributed by atoms with Gasteiger partial charge in [-0.05, 0) is 80.3 Å². The second kappa shape index (κ2) is 8.17. The molecule has 5 nitrogen and oxygen atoms in total. The molecule has 1 aromatic heterocycles. The fourth-order valence-electron chi connectivity index (χ4n) is 5.88. The Morgan fingerprint density at radius 3 is 2.56 bits per heavy atom. The van der Waals surface area contributed by atoms with Gasteiger partial charge in [-0.2, -0.15) is 0 Å². The molecule has 0 atom stereocenters. The zero-order valence-electron chi connectivity index (χ0n) is 21.1. The number of carbonyl (C=O) groups is 1. The van der Waals surface area contributed by atoms with Crippen molar-refractivity contribution >= 4 is 49.3 Å². The summed E-state index contributed by atoms with van der Waals surface area (Å²) in [6.45, 7) is 0. The smallest absolute Gasteiger partial charge is 0.337 e. The highest BCUT2D eigenvalue weighted by Crippen LogP contribution is 2.42. The van der Waals surface area contributed by atoms with E-state index in [2.05, 4.69) is 71.7 Å². The molecule has 0 saturated heterocycles. The van der Waals surface area contributed by atoms with Crippen LogP contribution in [0.5, 0.6) is 11.5 Å². The number of H-pyrrole nitrogens is 1. The van der Waals surface area contributed by atoms with Crippen LogP contribution < -0.4 is 4.74 Å². The predicted molar refractivity (Wildman–Crippen MR) is 155 cm³/mol. The van der Waals surface area contributed by atoms with E-state index in [1.54, 1.807) is 12.1 Å². The summed E-state index contributed by atoms with van der Waals surface area (Å²) < 4.78 is 11.1. The van der Waals surface area contributed by atoms with Gasteiger partial charge in [-0.25, -0.2) is 9.78 Å². The number of methoxy groups -OCH3 is 1. The third-order valence-electron chi connectivity index (χ3n) is 7.80. The number of esters is 1. The number of rotatable bonds is 2. The van der Waals surface area contributed by atoms with Gasteiger partial charge in [-0.1, -0.05) is 54.6 Å². The molecule has 0 aliphatic carbocycles. The van der Waals surface area contributed by atoms with E-state index < -0.39 is 0 Å². The Labute approximate surface area is 223 Å². The first-order valence-corrected chi connectivity index (χ1v) is 12.9. The molecule has 7 aromatic rings. The molecular weight excluding hydrogens is 484 g/mol. The molecule has 2 heterocycles. The summed E-state index contributed by atoms with van der Waals surface area (Å²) in [7, 11) is 1.38. The van der Waals surface area contributed by atoms with Gasteiger partial charge < -0.3 is 14.5 Å². The zero-order chi connectivity index (χ0) is 26.1. The SMILES string of the molecule is COC(=O)c1ccc2[nH]c(-c3cccc4cc5c(ccc6c7c(ccc65)Oc5ccccc5C7)cc34)nc2c1. The number of hydrogen-bond acceptors (Lipinski definition) is 4. The lowest BCUT2D eigenvalue weighted by molar-refractivity contribution is 0.0601. The number of fused-ring (bicyclic) bond motifs is 8. The highest BCUT2D eigenvalue weighted by Gasteiger charge is 2.20. The van der Waals surface area contributed by atoms with Crippen LogP contribution in [0.15, 0.2) is 97.1 Å². The Kier molecular flexibility index (Phi) is 4.58. The molecule has 0 saturated carbocycles. The Hall–Kier alpha value is -5.16. The molecule has 1 aliphatic rings. The molecule has 6 aromatic carbocycles. The van der Waals surface area contributed by atoms with E-state index in [1.165, 1.54) is 39.8 Å². The van der Waals surface area contributed by atoms with E-state index in [-0.39, 0.29) is 5.97 Å². The van der Waals surface area contributed by atoms with Crippen molar-refractivity contribution in [2.75, 3.05) is 7.11 Å². The number of hydrogen-bond donors (Lipinski definition) is 1. The minimum atomic E-state index is -0.373. The van der Waals surface area contributed by atoms with Crippen molar-refractivity contribution in [2.24, 2.45) is 0 Å². The van der Waals surface area contributed by atoms with Gasteiger partial charge in [0.05, 0.1) is 23.7 Å². The van der Waals surface area contributed by atoms with Gasteiger partial charge >= 0.3 is 5.97 Å². The third kappa shape index (κ3) is 3.33. The molecule has 39 heavy (non-hydrogen) atoms. The van der Waals surface area contributed by atoms with Crippen molar-refractivity contribution in [1.29, 1.82) is 0 Å². The average Bonchev–Trinajstić information content (AvgIpc) is 3.41. The minimum Gasteiger partial charge on any atom is -0.465 e. The summed E-state index contributed by atoms with van der Waals surface area (Å²) in [5.41, 5.74) is 5.54. The van der Waals surface area contributed by atoms with Crippen molar-refractivity contribution in [1.82, 2.24) is 9.97 Å². The highest BCUT2D eigenvalue weighted by molar-refractivity contribution is 6.15. The first-order valence-electron chi connectivity index (χ1n) is 12.9. The largest absolute Gasteiger partial charge is 0.465 e. The van der Waals surface area contributed by atoms with Gasteiger partial charge in [-0.15, -0.1) is 0 Å². The molecule has 1 N–H and O–H groups in total. The lowest BCUT2D eigenvalue weighted by Crippen LogP contribution is -2.03. The van der Waals surface area contributed by atoms with Crippen molar-refractivity contribution in [3.05, 3.63) is 114 Å². The van der Waals surface area contributed by atoms with Crippen LogP contribution in [0.4, 0.5) is 0 Å².